The summed E-state index contributed by atoms with van der Waals surface area (Å²) < 4.78 is 6.40. The number of nitrogens with zero attached hydrogens (tertiary/aromatic N) is 5. The Morgan fingerprint density at radius 1 is 1.15 bits per heavy atom. The van der Waals surface area contributed by atoms with Crippen LogP contribution in [-0.2, 0) is 24.3 Å². The molecule has 0 bridgehead atoms. The van der Waals surface area contributed by atoms with E-state index in [4.69, 9.17) is 28.9 Å². The molecule has 3 aromatic heterocycles. The Morgan fingerprint density at radius 3 is 2.73 bits per heavy atom. The van der Waals surface area contributed by atoms with Gasteiger partial charge in [0, 0.05) is 48.9 Å². The van der Waals surface area contributed by atoms with E-state index in [0.717, 1.165) is 42.1 Å². The number of unbranched alkanes of at least 4 members (excludes halogenated alkanes) is 1. The van der Waals surface area contributed by atoms with Crippen molar-refractivity contribution in [3.63, 3.8) is 0 Å². The Hall–Kier alpha value is -2.97. The minimum atomic E-state index is -0.0307. The van der Waals surface area contributed by atoms with Crippen molar-refractivity contribution < 1.29 is 4.79 Å². The minimum absolute atomic E-state index is 0.0307. The lowest BCUT2D eigenvalue weighted by Gasteiger charge is -2.06. The number of aryl methyl sites for hydroxylation is 1. The van der Waals surface area contributed by atoms with Crippen LogP contribution in [0.4, 0.5) is 0 Å². The number of nitrogens with one attached hydrogen (secondary N) is 1. The summed E-state index contributed by atoms with van der Waals surface area (Å²) in [4.78, 5) is 17.0. The van der Waals surface area contributed by atoms with Crippen molar-refractivity contribution in [2.75, 3.05) is 6.54 Å². The van der Waals surface area contributed by atoms with Gasteiger partial charge in [0.05, 0.1) is 12.2 Å². The highest BCUT2D eigenvalue weighted by molar-refractivity contribution is 7.71. The van der Waals surface area contributed by atoms with Crippen LogP contribution in [0.5, 0.6) is 0 Å². The molecule has 1 aromatic carbocycles. The highest BCUT2D eigenvalue weighted by Gasteiger charge is 2.14. The van der Waals surface area contributed by atoms with Crippen molar-refractivity contribution >= 4 is 35.4 Å². The molecule has 0 spiro atoms. The smallest absolute Gasteiger partial charge is 0.221 e. The van der Waals surface area contributed by atoms with Crippen molar-refractivity contribution in [2.45, 2.75) is 45.7 Å². The molecule has 1 amide bonds. The monoisotopic (exact) mass is 482 g/mol. The first-order valence-electron chi connectivity index (χ1n) is 11.2. The summed E-state index contributed by atoms with van der Waals surface area (Å²) in [6, 6.07) is 13.5. The normalized spacial score (nSPS) is 11.2. The molecule has 1 N–H and O–H groups in total. The molecule has 9 heteroatoms. The summed E-state index contributed by atoms with van der Waals surface area (Å²) in [6.07, 6.45) is 7.00. The van der Waals surface area contributed by atoms with Gasteiger partial charge in [-0.1, -0.05) is 31.0 Å². The molecule has 0 fully saturated rings. The number of hydrogen-bond donors (Lipinski definition) is 1. The van der Waals surface area contributed by atoms with Crippen LogP contribution >= 0.6 is 23.8 Å². The topological polar surface area (TPSA) is 69.2 Å². The van der Waals surface area contributed by atoms with Crippen LogP contribution in [0, 0.1) is 4.77 Å². The van der Waals surface area contributed by atoms with Gasteiger partial charge in [0.25, 0.3) is 0 Å². The molecule has 0 saturated heterocycles. The van der Waals surface area contributed by atoms with Crippen LogP contribution in [0.3, 0.4) is 0 Å². The standard InChI is InChI=1S/C24H27ClN6OS/c1-2-3-15-30-23(18-7-9-19(25)10-8-18)28-31(24(30)33)16-12-22(32)26-13-11-20-17-29-14-5-4-6-21(29)27-20/h4-10,14,17H,2-3,11-13,15-16H2,1H3,(H,26,32). The lowest BCUT2D eigenvalue weighted by atomic mass is 10.2. The Morgan fingerprint density at radius 2 is 1.97 bits per heavy atom. The van der Waals surface area contributed by atoms with Gasteiger partial charge in [-0.3, -0.25) is 9.36 Å². The molecule has 3 heterocycles. The minimum Gasteiger partial charge on any atom is -0.356 e. The lowest BCUT2D eigenvalue weighted by Crippen LogP contribution is -2.26. The molecule has 0 unspecified atom stereocenters. The number of benzene rings is 1. The van der Waals surface area contributed by atoms with E-state index in [0.29, 0.717) is 35.7 Å². The first-order valence-corrected chi connectivity index (χ1v) is 12.0. The summed E-state index contributed by atoms with van der Waals surface area (Å²) in [6.45, 7) is 3.90. The van der Waals surface area contributed by atoms with E-state index < -0.39 is 0 Å². The molecule has 4 rings (SSSR count). The van der Waals surface area contributed by atoms with Gasteiger partial charge in [0.1, 0.15) is 5.65 Å². The summed E-state index contributed by atoms with van der Waals surface area (Å²) in [5, 5.41) is 8.38. The number of pyridine rings is 1. The molecule has 172 valence electrons. The van der Waals surface area contributed by atoms with Crippen LogP contribution < -0.4 is 5.32 Å². The zero-order valence-corrected chi connectivity index (χ0v) is 20.1. The Labute approximate surface area is 203 Å². The molecule has 0 saturated carbocycles. The fourth-order valence-electron chi connectivity index (χ4n) is 3.65. The van der Waals surface area contributed by atoms with Crippen molar-refractivity contribution in [3.8, 4) is 11.4 Å². The third kappa shape index (κ3) is 5.69. The summed E-state index contributed by atoms with van der Waals surface area (Å²) in [5.74, 6) is 0.772. The molecule has 7 nitrogen and oxygen atoms in total. The maximum absolute atomic E-state index is 12.4. The number of rotatable bonds is 10. The number of imidazole rings is 1. The van der Waals surface area contributed by atoms with E-state index in [1.807, 2.05) is 63.8 Å². The summed E-state index contributed by atoms with van der Waals surface area (Å²) >= 11 is 11.7. The average Bonchev–Trinajstić information content (AvgIpc) is 3.37. The van der Waals surface area contributed by atoms with Crippen LogP contribution in [0.2, 0.25) is 5.02 Å². The second-order valence-electron chi connectivity index (χ2n) is 7.89. The number of amides is 1. The molecule has 33 heavy (non-hydrogen) atoms. The van der Waals surface area contributed by atoms with Crippen molar-refractivity contribution in [2.24, 2.45) is 0 Å². The van der Waals surface area contributed by atoms with E-state index in [-0.39, 0.29) is 5.91 Å². The summed E-state index contributed by atoms with van der Waals surface area (Å²) in [7, 11) is 0. The molecule has 0 aliphatic heterocycles. The maximum atomic E-state index is 12.4. The third-order valence-electron chi connectivity index (χ3n) is 5.43. The number of aromatic nitrogens is 5. The molecular weight excluding hydrogens is 456 g/mol. The highest BCUT2D eigenvalue weighted by Crippen LogP contribution is 2.21. The second-order valence-corrected chi connectivity index (χ2v) is 8.69. The molecule has 0 atom stereocenters. The maximum Gasteiger partial charge on any atom is 0.221 e. The highest BCUT2D eigenvalue weighted by atomic mass is 35.5. The molecule has 0 aliphatic rings. The Balaban J connectivity index is 1.37. The molecule has 0 radical (unpaired) electrons. The number of halogens is 1. The summed E-state index contributed by atoms with van der Waals surface area (Å²) in [5.41, 5.74) is 2.81. The van der Waals surface area contributed by atoms with Crippen molar-refractivity contribution in [1.82, 2.24) is 29.0 Å². The van der Waals surface area contributed by atoms with Gasteiger partial charge in [-0.2, -0.15) is 5.10 Å². The quantitative estimate of drug-likeness (QED) is 0.325. The van der Waals surface area contributed by atoms with Crippen molar-refractivity contribution in [1.29, 1.82) is 0 Å². The zero-order valence-electron chi connectivity index (χ0n) is 18.6. The largest absolute Gasteiger partial charge is 0.356 e. The second kappa shape index (κ2) is 10.8. The molecular formula is C24H27ClN6OS. The molecule has 0 aliphatic carbocycles. The Kier molecular flexibility index (Phi) is 7.57. The van der Waals surface area contributed by atoms with Gasteiger partial charge in [-0.25, -0.2) is 9.67 Å². The average molecular weight is 483 g/mol. The van der Waals surface area contributed by atoms with Gasteiger partial charge in [0.2, 0.25) is 5.91 Å². The lowest BCUT2D eigenvalue weighted by molar-refractivity contribution is -0.121. The van der Waals surface area contributed by atoms with Crippen LogP contribution in [0.1, 0.15) is 31.9 Å². The van der Waals surface area contributed by atoms with Gasteiger partial charge in [-0.05, 0) is 55.0 Å². The zero-order chi connectivity index (χ0) is 23.2. The van der Waals surface area contributed by atoms with E-state index in [1.54, 1.807) is 4.68 Å². The fourth-order valence-corrected chi connectivity index (χ4v) is 4.09. The predicted octanol–water partition coefficient (Wildman–Crippen LogP) is 4.93. The van der Waals surface area contributed by atoms with E-state index in [1.165, 1.54) is 0 Å². The van der Waals surface area contributed by atoms with Crippen molar-refractivity contribution in [3.05, 3.63) is 70.3 Å². The van der Waals surface area contributed by atoms with Gasteiger partial charge >= 0.3 is 0 Å². The van der Waals surface area contributed by atoms with E-state index >= 15 is 0 Å². The van der Waals surface area contributed by atoms with Crippen LogP contribution in [0.15, 0.2) is 54.9 Å². The Bertz CT molecular complexity index is 1260. The van der Waals surface area contributed by atoms with E-state index in [9.17, 15) is 4.79 Å². The third-order valence-corrected chi connectivity index (χ3v) is 6.11. The number of carbonyl (C=O) groups excluding carboxylic acids is 1. The number of fused-ring (bicyclic) bond motifs is 1. The van der Waals surface area contributed by atoms with Crippen LogP contribution in [-0.4, -0.2) is 36.2 Å². The number of carbonyl (C=O) groups is 1. The number of hydrogen-bond acceptors (Lipinski definition) is 4. The fraction of sp³-hybridized carbons (Fsp3) is 0.333. The van der Waals surface area contributed by atoms with Gasteiger partial charge < -0.3 is 9.72 Å². The predicted molar refractivity (Wildman–Crippen MR) is 133 cm³/mol. The SMILES string of the molecule is CCCCn1c(-c2ccc(Cl)cc2)nn(CCC(=O)NCCc2cn3ccccc3n2)c1=S. The van der Waals surface area contributed by atoms with Gasteiger partial charge in [-0.15, -0.1) is 0 Å². The van der Waals surface area contributed by atoms with E-state index in [2.05, 4.69) is 17.2 Å². The van der Waals surface area contributed by atoms with Gasteiger partial charge in [0.15, 0.2) is 10.6 Å². The first kappa shape index (κ1) is 23.2. The first-order chi connectivity index (χ1) is 16.0. The molecule has 4 aromatic rings. The van der Waals surface area contributed by atoms with Crippen LogP contribution in [0.25, 0.3) is 17.0 Å².